The van der Waals surface area contributed by atoms with Crippen LogP contribution in [0.1, 0.15) is 284 Å². The number of rotatable bonds is 55. The molecule has 1 N–H and O–H groups in total. The summed E-state index contributed by atoms with van der Waals surface area (Å²) in [4.78, 5) is 23.1. The molecule has 0 fully saturated rings. The molecule has 2 unspecified atom stereocenters. The van der Waals surface area contributed by atoms with E-state index in [2.05, 4.69) is 38.2 Å². The van der Waals surface area contributed by atoms with Crippen molar-refractivity contribution in [1.82, 2.24) is 0 Å². The maximum absolute atomic E-state index is 12.8. The molecule has 0 aliphatic heterocycles. The van der Waals surface area contributed by atoms with Gasteiger partial charge in [0.15, 0.2) is 0 Å². The van der Waals surface area contributed by atoms with Gasteiger partial charge in [0, 0.05) is 13.0 Å². The van der Waals surface area contributed by atoms with E-state index < -0.39 is 13.9 Å². The Bertz CT molecular complexity index is 1120. The van der Waals surface area contributed by atoms with Gasteiger partial charge in [0.1, 0.15) is 19.3 Å². The Hall–Kier alpha value is -1.02. The Morgan fingerprint density at radius 2 is 0.821 bits per heavy atom. The van der Waals surface area contributed by atoms with E-state index in [1.54, 1.807) is 0 Å². The van der Waals surface area contributed by atoms with Crippen LogP contribution >= 0.6 is 7.82 Å². The quantitative estimate of drug-likeness (QED) is 0.0213. The number of quaternary nitrogens is 1. The third-order valence-electron chi connectivity index (χ3n) is 13.0. The van der Waals surface area contributed by atoms with Gasteiger partial charge in [-0.15, -0.1) is 0 Å². The second kappa shape index (κ2) is 51.3. The summed E-state index contributed by atoms with van der Waals surface area (Å²) in [7, 11) is 1.68. The molecule has 0 aromatic heterocycles. The van der Waals surface area contributed by atoms with Crippen LogP contribution in [0.25, 0.3) is 0 Å². The zero-order valence-corrected chi connectivity index (χ0v) is 46.3. The Morgan fingerprint density at radius 3 is 1.21 bits per heavy atom. The monoisotopic (exact) mass is 969 g/mol. The summed E-state index contributed by atoms with van der Waals surface area (Å²) in [5.41, 5.74) is 0. The smallest absolute Gasteiger partial charge is 0.457 e. The topological polar surface area (TPSA) is 91.3 Å². The fourth-order valence-corrected chi connectivity index (χ4v) is 9.27. The third-order valence-corrected chi connectivity index (χ3v) is 14.0. The molecule has 9 heteroatoms. The van der Waals surface area contributed by atoms with Gasteiger partial charge in [-0.2, -0.15) is 0 Å². The van der Waals surface area contributed by atoms with Gasteiger partial charge in [0.05, 0.1) is 34.4 Å². The Morgan fingerprint density at radius 1 is 0.463 bits per heavy atom. The number of phosphoric ester groups is 1. The van der Waals surface area contributed by atoms with Crippen molar-refractivity contribution < 1.29 is 37.3 Å². The van der Waals surface area contributed by atoms with Crippen LogP contribution in [0, 0.1) is 0 Å². The fourth-order valence-electron chi connectivity index (χ4n) is 8.53. The molecule has 2 atom stereocenters. The van der Waals surface area contributed by atoms with Crippen LogP contribution in [-0.4, -0.2) is 75.6 Å². The van der Waals surface area contributed by atoms with E-state index in [9.17, 15) is 14.3 Å². The summed E-state index contributed by atoms with van der Waals surface area (Å²) in [6.07, 6.45) is 62.4. The van der Waals surface area contributed by atoms with E-state index in [0.29, 0.717) is 24.1 Å². The number of hydrogen-bond donors (Lipinski definition) is 1. The SMILES string of the molecule is CCCCCCC/C=C\C/C=C\CCCCCCCCCCCCCCCC(=O)OC(COCCCCCCCCCCCCCCCCCCCCCC)COP(=O)(O)OCC[N+](C)(C)C. The molecule has 0 aliphatic rings. The number of allylic oxidation sites excluding steroid dienone is 4. The molecular formula is C58H115NO7P+. The van der Waals surface area contributed by atoms with Crippen molar-refractivity contribution >= 4 is 13.8 Å². The molecule has 0 spiro atoms. The standard InChI is InChI=1S/C58H114NO7P/c1-6-8-10-12-14-16-18-20-22-24-26-28-29-30-31-32-33-35-37-39-41-43-45-47-49-51-58(60)66-57(56-65-67(61,62)64-54-52-59(3,4)5)55-63-53-50-48-46-44-42-40-38-36-34-27-25-23-21-19-17-15-13-11-9-7-2/h18,20,24,26,57H,6-17,19,21-23,25,27-56H2,1-5H3/p+1/b20-18-,26-24-. The molecule has 0 amide bonds. The number of nitrogens with zero attached hydrogens (tertiary/aromatic N) is 1. The first-order valence-electron chi connectivity index (χ1n) is 29.1. The van der Waals surface area contributed by atoms with Crippen LogP contribution in [0.4, 0.5) is 0 Å². The fraction of sp³-hybridized carbons (Fsp3) is 0.914. The average Bonchev–Trinajstić information content (AvgIpc) is 3.29. The largest absolute Gasteiger partial charge is 0.472 e. The molecule has 8 nitrogen and oxygen atoms in total. The number of esters is 1. The predicted octanol–water partition coefficient (Wildman–Crippen LogP) is 18.3. The first-order chi connectivity index (χ1) is 32.6. The van der Waals surface area contributed by atoms with Gasteiger partial charge >= 0.3 is 13.8 Å². The lowest BCUT2D eigenvalue weighted by Gasteiger charge is -2.24. The molecule has 0 saturated carbocycles. The first-order valence-corrected chi connectivity index (χ1v) is 30.6. The maximum atomic E-state index is 12.8. The van der Waals surface area contributed by atoms with Gasteiger partial charge in [0.2, 0.25) is 0 Å². The summed E-state index contributed by atoms with van der Waals surface area (Å²) in [5, 5.41) is 0. The highest BCUT2D eigenvalue weighted by atomic mass is 31.2. The van der Waals surface area contributed by atoms with Crippen LogP contribution in [0.15, 0.2) is 24.3 Å². The molecule has 398 valence electrons. The third kappa shape index (κ3) is 55.8. The van der Waals surface area contributed by atoms with E-state index in [4.69, 9.17) is 18.5 Å². The summed E-state index contributed by atoms with van der Waals surface area (Å²) in [6.45, 7) is 5.68. The Kier molecular flexibility index (Phi) is 50.6. The van der Waals surface area contributed by atoms with Gasteiger partial charge < -0.3 is 18.9 Å². The number of carbonyl (C=O) groups is 1. The molecule has 0 bridgehead atoms. The van der Waals surface area contributed by atoms with Crippen molar-refractivity contribution in [1.29, 1.82) is 0 Å². The Balaban J connectivity index is 4.03. The molecule has 0 rings (SSSR count). The van der Waals surface area contributed by atoms with Crippen LogP contribution in [-0.2, 0) is 27.9 Å². The molecule has 0 aromatic carbocycles. The molecule has 0 aromatic rings. The number of hydrogen-bond acceptors (Lipinski definition) is 6. The minimum atomic E-state index is -4.28. The van der Waals surface area contributed by atoms with Crippen molar-refractivity contribution in [2.45, 2.75) is 290 Å². The number of likely N-dealkylation sites (N-methyl/N-ethyl adjacent to an activating group) is 1. The lowest BCUT2D eigenvalue weighted by molar-refractivity contribution is -0.870. The summed E-state index contributed by atoms with van der Waals surface area (Å²) < 4.78 is 35.3. The first kappa shape index (κ1) is 66.0. The second-order valence-corrected chi connectivity index (χ2v) is 22.5. The normalized spacial score (nSPS) is 13.6. The Labute approximate surface area is 417 Å². The number of unbranched alkanes of at least 4 members (excludes halogenated alkanes) is 37. The molecular weight excluding hydrogens is 854 g/mol. The number of phosphoric acid groups is 1. The van der Waals surface area contributed by atoms with Gasteiger partial charge in [-0.05, 0) is 44.9 Å². The second-order valence-electron chi connectivity index (χ2n) is 21.0. The lowest BCUT2D eigenvalue weighted by Crippen LogP contribution is -2.37. The van der Waals surface area contributed by atoms with E-state index in [1.165, 1.54) is 225 Å². The zero-order valence-electron chi connectivity index (χ0n) is 45.4. The summed E-state index contributed by atoms with van der Waals surface area (Å²) >= 11 is 0. The minimum Gasteiger partial charge on any atom is -0.457 e. The van der Waals surface area contributed by atoms with Crippen molar-refractivity contribution in [3.8, 4) is 0 Å². The zero-order chi connectivity index (χ0) is 49.0. The lowest BCUT2D eigenvalue weighted by atomic mass is 10.0. The molecule has 0 radical (unpaired) electrons. The van der Waals surface area contributed by atoms with Gasteiger partial charge in [-0.3, -0.25) is 13.8 Å². The number of ether oxygens (including phenoxy) is 2. The summed E-state index contributed by atoms with van der Waals surface area (Å²) in [5.74, 6) is -0.308. The van der Waals surface area contributed by atoms with Gasteiger partial charge in [-0.1, -0.05) is 256 Å². The molecule has 0 aliphatic carbocycles. The highest BCUT2D eigenvalue weighted by molar-refractivity contribution is 7.47. The highest BCUT2D eigenvalue weighted by Gasteiger charge is 2.26. The van der Waals surface area contributed by atoms with Crippen molar-refractivity contribution in [3.05, 3.63) is 24.3 Å². The van der Waals surface area contributed by atoms with E-state index in [-0.39, 0.29) is 25.8 Å². The van der Waals surface area contributed by atoms with E-state index in [1.807, 2.05) is 21.1 Å². The van der Waals surface area contributed by atoms with Crippen LogP contribution < -0.4 is 0 Å². The molecule has 0 heterocycles. The van der Waals surface area contributed by atoms with Gasteiger partial charge in [0.25, 0.3) is 0 Å². The van der Waals surface area contributed by atoms with Crippen molar-refractivity contribution in [2.75, 3.05) is 54.1 Å². The van der Waals surface area contributed by atoms with E-state index in [0.717, 1.165) is 38.5 Å². The highest BCUT2D eigenvalue weighted by Crippen LogP contribution is 2.43. The minimum absolute atomic E-state index is 0.0915. The molecule has 0 saturated heterocycles. The number of carbonyl (C=O) groups excluding carboxylic acids is 1. The summed E-state index contributed by atoms with van der Waals surface area (Å²) in [6, 6.07) is 0. The predicted molar refractivity (Wildman–Crippen MR) is 289 cm³/mol. The molecule has 67 heavy (non-hydrogen) atoms. The van der Waals surface area contributed by atoms with Crippen LogP contribution in [0.2, 0.25) is 0 Å². The van der Waals surface area contributed by atoms with Crippen LogP contribution in [0.5, 0.6) is 0 Å². The van der Waals surface area contributed by atoms with Crippen molar-refractivity contribution in [3.63, 3.8) is 0 Å². The van der Waals surface area contributed by atoms with E-state index >= 15 is 0 Å². The average molecular weight is 970 g/mol. The maximum Gasteiger partial charge on any atom is 0.472 e. The van der Waals surface area contributed by atoms with Crippen LogP contribution in [0.3, 0.4) is 0 Å². The van der Waals surface area contributed by atoms with Gasteiger partial charge in [-0.25, -0.2) is 4.57 Å². The van der Waals surface area contributed by atoms with Crippen molar-refractivity contribution in [2.24, 2.45) is 0 Å².